The van der Waals surface area contributed by atoms with Crippen LogP contribution < -0.4 is 17.0 Å². The fraction of sp³-hybridized carbons (Fsp3) is 0.143. The average Bonchev–Trinajstić information content (AvgIpc) is 3.14. The third-order valence-corrected chi connectivity index (χ3v) is 4.69. The molecule has 0 fully saturated rings. The van der Waals surface area contributed by atoms with E-state index < -0.39 is 0 Å². The Balaban J connectivity index is 0.000000960. The first-order valence-electron chi connectivity index (χ1n) is 7.57. The van der Waals surface area contributed by atoms with E-state index >= 15 is 0 Å². The summed E-state index contributed by atoms with van der Waals surface area (Å²) in [6.07, 6.45) is 10.0. The zero-order valence-corrected chi connectivity index (χ0v) is 16.9. The number of halogens is 1. The average molecular weight is 442 g/mol. The second-order valence-corrected chi connectivity index (χ2v) is 5.76. The Morgan fingerprint density at radius 2 is 1.22 bits per heavy atom. The Kier molecular flexibility index (Phi) is 6.40. The number of benzene rings is 2. The largest absolute Gasteiger partial charge is 3.00 e. The summed E-state index contributed by atoms with van der Waals surface area (Å²) in [6.45, 7) is 4.22. The van der Waals surface area contributed by atoms with Crippen LogP contribution in [0.2, 0.25) is 0 Å². The van der Waals surface area contributed by atoms with Gasteiger partial charge in [0.05, 0.1) is 0 Å². The number of hydrogen-bond acceptors (Lipinski definition) is 0. The maximum absolute atomic E-state index is 4.22. The van der Waals surface area contributed by atoms with Gasteiger partial charge in [0.25, 0.3) is 0 Å². The van der Waals surface area contributed by atoms with Gasteiger partial charge in [-0.3, -0.25) is 0 Å². The van der Waals surface area contributed by atoms with E-state index in [1.54, 1.807) is 0 Å². The van der Waals surface area contributed by atoms with Crippen LogP contribution in [-0.2, 0) is 26.2 Å². The van der Waals surface area contributed by atoms with Gasteiger partial charge < -0.3 is 36.2 Å². The van der Waals surface area contributed by atoms with E-state index in [0.29, 0.717) is 11.8 Å². The van der Waals surface area contributed by atoms with Crippen LogP contribution in [0.3, 0.4) is 0 Å². The quantitative estimate of drug-likeness (QED) is 0.642. The summed E-state index contributed by atoms with van der Waals surface area (Å²) in [7, 11) is 0. The number of hydrogen-bond donors (Lipinski definition) is 0. The van der Waals surface area contributed by atoms with Gasteiger partial charge in [-0.05, 0) is 11.1 Å². The van der Waals surface area contributed by atoms with Gasteiger partial charge in [-0.15, -0.1) is 24.0 Å². The number of allylic oxidation sites excluding steroid dienone is 2. The molecule has 0 amide bonds. The first-order valence-corrected chi connectivity index (χ1v) is 7.57. The van der Waals surface area contributed by atoms with E-state index in [2.05, 4.69) is 79.8 Å². The summed E-state index contributed by atoms with van der Waals surface area (Å²) in [4.78, 5) is 0. The molecule has 0 saturated carbocycles. The van der Waals surface area contributed by atoms with Gasteiger partial charge in [-0.25, -0.2) is 0 Å². The Morgan fingerprint density at radius 3 is 1.65 bits per heavy atom. The molecule has 2 unspecified atom stereocenters. The zero-order valence-electron chi connectivity index (χ0n) is 12.9. The van der Waals surface area contributed by atoms with Crippen LogP contribution in [0.5, 0.6) is 0 Å². The van der Waals surface area contributed by atoms with Crippen molar-refractivity contribution in [2.75, 3.05) is 0 Å². The minimum absolute atomic E-state index is 0. The Bertz CT molecular complexity index is 671. The molecule has 0 bridgehead atoms. The van der Waals surface area contributed by atoms with Crippen molar-refractivity contribution in [1.82, 2.24) is 0 Å². The molecule has 113 valence electrons. The summed E-state index contributed by atoms with van der Waals surface area (Å²) >= 11 is 0. The molecule has 0 N–H and O–H groups in total. The fourth-order valence-electron chi connectivity index (χ4n) is 3.65. The molecular weight excluding hydrogens is 423 g/mol. The molecule has 0 aliphatic heterocycles. The number of fused-ring (bicyclic) bond motifs is 2. The van der Waals surface area contributed by atoms with Crippen LogP contribution in [0.1, 0.15) is 40.5 Å². The molecule has 2 aliphatic carbocycles. The SMILES string of the molecule is [Br-].[CH2-]C[C-](C1C=Cc2ccccc21)C1C=Cc2ccccc21.[Zr+3]. The molecule has 2 aromatic rings. The van der Waals surface area contributed by atoms with Gasteiger partial charge in [0, 0.05) is 0 Å². The van der Waals surface area contributed by atoms with E-state index in [-0.39, 0.29) is 43.2 Å². The molecule has 4 rings (SSSR count). The first kappa shape index (κ1) is 18.6. The summed E-state index contributed by atoms with van der Waals surface area (Å²) in [5, 5.41) is 0. The van der Waals surface area contributed by atoms with Crippen LogP contribution in [0.4, 0.5) is 0 Å². The Labute approximate surface area is 168 Å². The molecule has 2 atom stereocenters. The maximum Gasteiger partial charge on any atom is 3.00 e. The summed E-state index contributed by atoms with van der Waals surface area (Å²) in [5.41, 5.74) is 5.55. The van der Waals surface area contributed by atoms with Crippen molar-refractivity contribution in [2.24, 2.45) is 0 Å². The molecular formula is C21H18BrZr. The summed E-state index contributed by atoms with van der Waals surface area (Å²) in [6, 6.07) is 17.4. The van der Waals surface area contributed by atoms with Crippen LogP contribution in [-0.4, -0.2) is 0 Å². The minimum atomic E-state index is 0. The van der Waals surface area contributed by atoms with Crippen LogP contribution in [0, 0.1) is 12.8 Å². The second kappa shape index (κ2) is 7.90. The maximum atomic E-state index is 4.22. The molecule has 0 aromatic heterocycles. The van der Waals surface area contributed by atoms with Crippen molar-refractivity contribution in [1.29, 1.82) is 0 Å². The third-order valence-electron chi connectivity index (χ3n) is 4.69. The molecule has 1 radical (unpaired) electrons. The van der Waals surface area contributed by atoms with Gasteiger partial charge in [-0.1, -0.05) is 71.8 Å². The van der Waals surface area contributed by atoms with Crippen molar-refractivity contribution >= 4 is 12.2 Å². The van der Waals surface area contributed by atoms with Crippen molar-refractivity contribution in [3.05, 3.63) is 95.8 Å². The van der Waals surface area contributed by atoms with Gasteiger partial charge in [-0.2, -0.15) is 0 Å². The van der Waals surface area contributed by atoms with E-state index in [9.17, 15) is 0 Å². The van der Waals surface area contributed by atoms with E-state index in [1.165, 1.54) is 28.2 Å². The normalized spacial score (nSPS) is 19.9. The smallest absolute Gasteiger partial charge is 1.00 e. The van der Waals surface area contributed by atoms with Crippen LogP contribution in [0.15, 0.2) is 60.7 Å². The Hall–Kier alpha value is -0.717. The predicted molar refractivity (Wildman–Crippen MR) is 89.7 cm³/mol. The topological polar surface area (TPSA) is 0 Å². The van der Waals surface area contributed by atoms with E-state index in [1.807, 2.05) is 0 Å². The molecule has 0 saturated heterocycles. The number of rotatable bonds is 3. The molecule has 0 heterocycles. The van der Waals surface area contributed by atoms with Gasteiger partial charge in [0.2, 0.25) is 0 Å². The van der Waals surface area contributed by atoms with Gasteiger partial charge >= 0.3 is 26.2 Å². The Morgan fingerprint density at radius 1 is 0.783 bits per heavy atom. The molecule has 2 heteroatoms. The standard InChI is InChI=1S/C21H18.BrH.Zr/c1-2-17(20-13-11-15-7-3-5-9-18(15)20)21-14-12-16-8-4-6-10-19(16)21;;/h3-14,20-21H,1-2H2;1H;/q-2;;+3/p-1. The summed E-state index contributed by atoms with van der Waals surface area (Å²) < 4.78 is 0. The first-order chi connectivity index (χ1) is 10.4. The van der Waals surface area contributed by atoms with Crippen molar-refractivity contribution in [3.63, 3.8) is 0 Å². The van der Waals surface area contributed by atoms with E-state index in [4.69, 9.17) is 0 Å². The molecule has 0 nitrogen and oxygen atoms in total. The van der Waals surface area contributed by atoms with Crippen molar-refractivity contribution < 1.29 is 43.2 Å². The third kappa shape index (κ3) is 3.26. The van der Waals surface area contributed by atoms with Crippen molar-refractivity contribution in [3.8, 4) is 0 Å². The van der Waals surface area contributed by atoms with Gasteiger partial charge in [0.1, 0.15) is 0 Å². The minimum Gasteiger partial charge on any atom is -1.00 e. The fourth-order valence-corrected chi connectivity index (χ4v) is 3.65. The van der Waals surface area contributed by atoms with Crippen LogP contribution >= 0.6 is 0 Å². The molecule has 23 heavy (non-hydrogen) atoms. The monoisotopic (exact) mass is 439 g/mol. The molecule has 2 aromatic carbocycles. The zero-order chi connectivity index (χ0) is 14.2. The second-order valence-electron chi connectivity index (χ2n) is 5.76. The molecule has 2 aliphatic rings. The van der Waals surface area contributed by atoms with Crippen LogP contribution in [0.25, 0.3) is 12.2 Å². The van der Waals surface area contributed by atoms with Gasteiger partial charge in [0.15, 0.2) is 0 Å². The van der Waals surface area contributed by atoms with E-state index in [0.717, 1.165) is 6.42 Å². The predicted octanol–water partition coefficient (Wildman–Crippen LogP) is 2.41. The molecule has 0 spiro atoms. The van der Waals surface area contributed by atoms with Crippen molar-refractivity contribution in [2.45, 2.75) is 18.3 Å². The summed E-state index contributed by atoms with van der Waals surface area (Å²) in [5.74, 6) is 2.30.